The Balaban J connectivity index is 1.85. The number of aromatic nitrogens is 4. The first-order valence-electron chi connectivity index (χ1n) is 6.49. The van der Waals surface area contributed by atoms with Gasteiger partial charge in [-0.25, -0.2) is 15.0 Å². The van der Waals surface area contributed by atoms with E-state index >= 15 is 0 Å². The van der Waals surface area contributed by atoms with Gasteiger partial charge in [-0.05, 0) is 6.42 Å². The number of nitrogens with zero attached hydrogens (tertiary/aromatic N) is 4. The number of nitrogens with two attached hydrogens (primary N) is 1. The largest absolute Gasteiger partial charge is 0.384 e. The molecular formula is C13H20N6. The lowest BCUT2D eigenvalue weighted by atomic mass is 10.2. The predicted octanol–water partition coefficient (Wildman–Crippen LogP) is 1.88. The Morgan fingerprint density at radius 1 is 1.37 bits per heavy atom. The summed E-state index contributed by atoms with van der Waals surface area (Å²) in [5.74, 6) is 2.35. The molecule has 2 heterocycles. The third kappa shape index (κ3) is 3.94. The molecule has 0 amide bonds. The van der Waals surface area contributed by atoms with Crippen LogP contribution in [-0.2, 0) is 6.54 Å². The second kappa shape index (κ2) is 6.17. The molecule has 0 spiro atoms. The van der Waals surface area contributed by atoms with Gasteiger partial charge in [-0.2, -0.15) is 0 Å². The Bertz CT molecular complexity index is 506. The van der Waals surface area contributed by atoms with Gasteiger partial charge in [-0.15, -0.1) is 0 Å². The first-order valence-corrected chi connectivity index (χ1v) is 6.49. The lowest BCUT2D eigenvalue weighted by molar-refractivity contribution is 0.659. The third-order valence-corrected chi connectivity index (χ3v) is 2.74. The maximum absolute atomic E-state index is 5.78. The first kappa shape index (κ1) is 13.3. The van der Waals surface area contributed by atoms with Gasteiger partial charge >= 0.3 is 0 Å². The van der Waals surface area contributed by atoms with Crippen molar-refractivity contribution in [2.45, 2.75) is 32.7 Å². The highest BCUT2D eigenvalue weighted by Gasteiger charge is 2.06. The minimum absolute atomic E-state index is 0.273. The minimum Gasteiger partial charge on any atom is -0.384 e. The molecule has 6 heteroatoms. The van der Waals surface area contributed by atoms with Crippen LogP contribution >= 0.6 is 0 Å². The molecule has 0 aliphatic carbocycles. The van der Waals surface area contributed by atoms with Gasteiger partial charge in [-0.1, -0.05) is 13.8 Å². The molecule has 0 aliphatic rings. The molecule has 2 rings (SSSR count). The molecule has 0 atom stereocenters. The normalized spacial score (nSPS) is 10.9. The zero-order valence-corrected chi connectivity index (χ0v) is 11.4. The highest BCUT2D eigenvalue weighted by molar-refractivity contribution is 5.44. The second-order valence-electron chi connectivity index (χ2n) is 4.77. The Kier molecular flexibility index (Phi) is 4.33. The Morgan fingerprint density at radius 2 is 2.21 bits per heavy atom. The van der Waals surface area contributed by atoms with Gasteiger partial charge in [0.1, 0.15) is 17.5 Å². The SMILES string of the molecule is CC(C)c1nc(N)cc(NCCCn2ccnc2)n1. The molecule has 3 N–H and O–H groups in total. The van der Waals surface area contributed by atoms with Crippen molar-refractivity contribution < 1.29 is 0 Å². The van der Waals surface area contributed by atoms with E-state index in [2.05, 4.69) is 38.7 Å². The number of anilines is 2. The van der Waals surface area contributed by atoms with Gasteiger partial charge < -0.3 is 15.6 Å². The van der Waals surface area contributed by atoms with Crippen molar-refractivity contribution in [3.8, 4) is 0 Å². The van der Waals surface area contributed by atoms with Crippen LogP contribution in [0.2, 0.25) is 0 Å². The molecule has 0 unspecified atom stereocenters. The van der Waals surface area contributed by atoms with Gasteiger partial charge in [0.2, 0.25) is 0 Å². The molecule has 0 fully saturated rings. The van der Waals surface area contributed by atoms with Gasteiger partial charge in [-0.3, -0.25) is 0 Å². The van der Waals surface area contributed by atoms with Gasteiger partial charge in [0.15, 0.2) is 0 Å². The number of imidazole rings is 1. The van der Waals surface area contributed by atoms with E-state index in [0.29, 0.717) is 5.82 Å². The van der Waals surface area contributed by atoms with Crippen molar-refractivity contribution in [2.24, 2.45) is 0 Å². The van der Waals surface area contributed by atoms with Crippen LogP contribution < -0.4 is 11.1 Å². The van der Waals surface area contributed by atoms with Crippen molar-refractivity contribution in [3.05, 3.63) is 30.6 Å². The van der Waals surface area contributed by atoms with Crippen molar-refractivity contribution in [3.63, 3.8) is 0 Å². The third-order valence-electron chi connectivity index (χ3n) is 2.74. The molecule has 0 bridgehead atoms. The van der Waals surface area contributed by atoms with E-state index in [0.717, 1.165) is 31.2 Å². The number of nitrogen functional groups attached to an aromatic ring is 1. The quantitative estimate of drug-likeness (QED) is 0.775. The molecule has 102 valence electrons. The summed E-state index contributed by atoms with van der Waals surface area (Å²) in [6, 6.07) is 1.77. The zero-order valence-electron chi connectivity index (χ0n) is 11.4. The number of hydrogen-bond donors (Lipinski definition) is 2. The maximum Gasteiger partial charge on any atom is 0.135 e. The van der Waals surface area contributed by atoms with Crippen LogP contribution in [0.15, 0.2) is 24.8 Å². The van der Waals surface area contributed by atoms with Gasteiger partial charge in [0.05, 0.1) is 6.33 Å². The summed E-state index contributed by atoms with van der Waals surface area (Å²) in [5.41, 5.74) is 5.78. The minimum atomic E-state index is 0.273. The first-order chi connectivity index (χ1) is 9.15. The summed E-state index contributed by atoms with van der Waals surface area (Å²) < 4.78 is 2.05. The Labute approximate surface area is 113 Å². The zero-order chi connectivity index (χ0) is 13.7. The van der Waals surface area contributed by atoms with Crippen LogP contribution in [0.25, 0.3) is 0 Å². The van der Waals surface area contributed by atoms with Crippen LogP contribution in [-0.4, -0.2) is 26.1 Å². The van der Waals surface area contributed by atoms with E-state index in [1.54, 1.807) is 12.3 Å². The van der Waals surface area contributed by atoms with Crippen molar-refractivity contribution in [2.75, 3.05) is 17.6 Å². The fourth-order valence-corrected chi connectivity index (χ4v) is 1.73. The monoisotopic (exact) mass is 260 g/mol. The van der Waals surface area contributed by atoms with Crippen molar-refractivity contribution in [1.29, 1.82) is 0 Å². The highest BCUT2D eigenvalue weighted by Crippen LogP contribution is 2.14. The summed E-state index contributed by atoms with van der Waals surface area (Å²) >= 11 is 0. The molecule has 2 aromatic heterocycles. The summed E-state index contributed by atoms with van der Waals surface area (Å²) in [6.45, 7) is 5.88. The van der Waals surface area contributed by atoms with Crippen LogP contribution in [0.5, 0.6) is 0 Å². The topological polar surface area (TPSA) is 81.6 Å². The number of rotatable bonds is 6. The standard InChI is InChI=1S/C13H20N6/c1-10(2)13-17-11(14)8-12(18-13)16-4-3-6-19-7-5-15-9-19/h5,7-10H,3-4,6H2,1-2H3,(H3,14,16,17,18). The van der Waals surface area contributed by atoms with Crippen LogP contribution in [0, 0.1) is 0 Å². The summed E-state index contributed by atoms with van der Waals surface area (Å²) in [4.78, 5) is 12.7. The van der Waals surface area contributed by atoms with Crippen LogP contribution in [0.4, 0.5) is 11.6 Å². The molecule has 19 heavy (non-hydrogen) atoms. The number of nitrogens with one attached hydrogen (secondary N) is 1. The molecule has 0 saturated carbocycles. The fraction of sp³-hybridized carbons (Fsp3) is 0.462. The second-order valence-corrected chi connectivity index (χ2v) is 4.77. The predicted molar refractivity (Wildman–Crippen MR) is 75.9 cm³/mol. The summed E-state index contributed by atoms with van der Waals surface area (Å²) in [7, 11) is 0. The van der Waals surface area contributed by atoms with E-state index in [4.69, 9.17) is 5.73 Å². The molecule has 6 nitrogen and oxygen atoms in total. The lowest BCUT2D eigenvalue weighted by Gasteiger charge is -2.10. The fourth-order valence-electron chi connectivity index (χ4n) is 1.73. The van der Waals surface area contributed by atoms with Crippen LogP contribution in [0.3, 0.4) is 0 Å². The maximum atomic E-state index is 5.78. The van der Waals surface area contributed by atoms with E-state index in [1.807, 2.05) is 12.5 Å². The number of aryl methyl sites for hydroxylation is 1. The van der Waals surface area contributed by atoms with E-state index in [-0.39, 0.29) is 5.92 Å². The Morgan fingerprint density at radius 3 is 2.89 bits per heavy atom. The molecule has 2 aromatic rings. The van der Waals surface area contributed by atoms with E-state index in [1.165, 1.54) is 0 Å². The molecule has 0 radical (unpaired) electrons. The summed E-state index contributed by atoms with van der Waals surface area (Å²) in [6.07, 6.45) is 6.56. The average molecular weight is 260 g/mol. The van der Waals surface area contributed by atoms with Crippen molar-refractivity contribution in [1.82, 2.24) is 19.5 Å². The highest BCUT2D eigenvalue weighted by atomic mass is 15.1. The van der Waals surface area contributed by atoms with Crippen molar-refractivity contribution >= 4 is 11.6 Å². The van der Waals surface area contributed by atoms with Gasteiger partial charge in [0, 0.05) is 37.5 Å². The molecule has 0 saturated heterocycles. The average Bonchev–Trinajstić information content (AvgIpc) is 2.87. The summed E-state index contributed by atoms with van der Waals surface area (Å²) in [5, 5.41) is 3.28. The van der Waals surface area contributed by atoms with Gasteiger partial charge in [0.25, 0.3) is 0 Å². The van der Waals surface area contributed by atoms with Crippen LogP contribution in [0.1, 0.15) is 32.0 Å². The Hall–Kier alpha value is -2.11. The molecule has 0 aliphatic heterocycles. The number of hydrogen-bond acceptors (Lipinski definition) is 5. The van der Waals surface area contributed by atoms with E-state index in [9.17, 15) is 0 Å². The molecular weight excluding hydrogens is 240 g/mol. The smallest absolute Gasteiger partial charge is 0.135 e. The molecule has 0 aromatic carbocycles. The van der Waals surface area contributed by atoms with E-state index < -0.39 is 0 Å². The lowest BCUT2D eigenvalue weighted by Crippen LogP contribution is -2.10.